The fraction of sp³-hybridized carbons (Fsp3) is 0.125. The molecule has 0 aliphatic carbocycles. The maximum Gasteiger partial charge on any atom is 0.337 e. The van der Waals surface area contributed by atoms with Crippen LogP contribution in [0, 0.1) is 18.3 Å². The summed E-state index contributed by atoms with van der Waals surface area (Å²) in [5.41, 5.74) is 2.42. The predicted molar refractivity (Wildman–Crippen MR) is 115 cm³/mol. The number of carbonyl (C=O) groups is 2. The average molecular weight is 416 g/mol. The molecule has 0 bridgehead atoms. The number of ether oxygens (including phenoxy) is 2. The minimum atomic E-state index is -0.561. The molecule has 156 valence electrons. The summed E-state index contributed by atoms with van der Waals surface area (Å²) in [6.07, 6.45) is 1.36. The summed E-state index contributed by atoms with van der Waals surface area (Å²) < 4.78 is 15.6. The highest BCUT2D eigenvalue weighted by molar-refractivity contribution is 6.09. The van der Waals surface area contributed by atoms with Crippen LogP contribution in [-0.2, 0) is 9.53 Å². The Morgan fingerprint density at radius 1 is 1.06 bits per heavy atom. The Kier molecular flexibility index (Phi) is 6.53. The van der Waals surface area contributed by atoms with Gasteiger partial charge in [0.1, 0.15) is 28.9 Å². The van der Waals surface area contributed by atoms with E-state index in [0.29, 0.717) is 34.1 Å². The zero-order chi connectivity index (χ0) is 22.4. The molecule has 0 spiro atoms. The number of nitrogens with one attached hydrogen (secondary N) is 1. The van der Waals surface area contributed by atoms with E-state index < -0.39 is 11.9 Å². The molecule has 0 aliphatic heterocycles. The van der Waals surface area contributed by atoms with Crippen LogP contribution in [0.1, 0.15) is 21.7 Å². The summed E-state index contributed by atoms with van der Waals surface area (Å²) in [6.45, 7) is 1.89. The van der Waals surface area contributed by atoms with Gasteiger partial charge in [-0.15, -0.1) is 0 Å². The van der Waals surface area contributed by atoms with Gasteiger partial charge < -0.3 is 19.2 Å². The van der Waals surface area contributed by atoms with Gasteiger partial charge in [-0.05, 0) is 61.0 Å². The smallest absolute Gasteiger partial charge is 0.337 e. The normalized spacial score (nSPS) is 10.8. The highest BCUT2D eigenvalue weighted by Crippen LogP contribution is 2.28. The fourth-order valence-corrected chi connectivity index (χ4v) is 2.87. The van der Waals surface area contributed by atoms with Crippen LogP contribution in [0.5, 0.6) is 5.75 Å². The van der Waals surface area contributed by atoms with Crippen molar-refractivity contribution in [3.8, 4) is 23.1 Å². The minimum absolute atomic E-state index is 0.114. The van der Waals surface area contributed by atoms with Crippen molar-refractivity contribution in [2.24, 2.45) is 0 Å². The molecule has 3 rings (SSSR count). The van der Waals surface area contributed by atoms with Crippen LogP contribution in [0.3, 0.4) is 0 Å². The van der Waals surface area contributed by atoms with Crippen LogP contribution in [-0.4, -0.2) is 26.1 Å². The minimum Gasteiger partial charge on any atom is -0.497 e. The van der Waals surface area contributed by atoms with Gasteiger partial charge >= 0.3 is 5.97 Å². The first-order valence-corrected chi connectivity index (χ1v) is 9.31. The molecule has 0 saturated carbocycles. The zero-order valence-corrected chi connectivity index (χ0v) is 17.3. The molecule has 1 heterocycles. The maximum atomic E-state index is 12.5. The van der Waals surface area contributed by atoms with Crippen LogP contribution in [0.25, 0.3) is 17.4 Å². The molecule has 1 aromatic heterocycles. The Bertz CT molecular complexity index is 1180. The highest BCUT2D eigenvalue weighted by atomic mass is 16.5. The summed E-state index contributed by atoms with van der Waals surface area (Å²) in [6, 6.07) is 17.2. The topological polar surface area (TPSA) is 102 Å². The Labute approximate surface area is 179 Å². The number of carbonyl (C=O) groups excluding carboxylic acids is 2. The lowest BCUT2D eigenvalue weighted by Gasteiger charge is -2.06. The molecule has 0 aliphatic rings. The van der Waals surface area contributed by atoms with E-state index in [9.17, 15) is 14.9 Å². The first-order valence-electron chi connectivity index (χ1n) is 9.31. The van der Waals surface area contributed by atoms with E-state index in [-0.39, 0.29) is 5.57 Å². The first kappa shape index (κ1) is 21.4. The van der Waals surface area contributed by atoms with E-state index in [4.69, 9.17) is 13.9 Å². The van der Waals surface area contributed by atoms with Gasteiger partial charge in [-0.2, -0.15) is 5.26 Å². The van der Waals surface area contributed by atoms with Crippen molar-refractivity contribution in [2.75, 3.05) is 19.5 Å². The Balaban J connectivity index is 1.83. The van der Waals surface area contributed by atoms with Gasteiger partial charge in [0.15, 0.2) is 0 Å². The van der Waals surface area contributed by atoms with Crippen LogP contribution in [0.4, 0.5) is 5.69 Å². The third kappa shape index (κ3) is 5.00. The van der Waals surface area contributed by atoms with Gasteiger partial charge in [-0.25, -0.2) is 4.79 Å². The molecule has 0 fully saturated rings. The van der Waals surface area contributed by atoms with Gasteiger partial charge in [-0.3, -0.25) is 4.79 Å². The van der Waals surface area contributed by atoms with Crippen molar-refractivity contribution in [1.82, 2.24) is 0 Å². The van der Waals surface area contributed by atoms with E-state index >= 15 is 0 Å². The summed E-state index contributed by atoms with van der Waals surface area (Å²) >= 11 is 0. The maximum absolute atomic E-state index is 12.5. The van der Waals surface area contributed by atoms with Gasteiger partial charge in [0.2, 0.25) is 0 Å². The van der Waals surface area contributed by atoms with Crippen molar-refractivity contribution >= 4 is 23.6 Å². The monoisotopic (exact) mass is 416 g/mol. The molecule has 1 amide bonds. The lowest BCUT2D eigenvalue weighted by Crippen LogP contribution is -2.13. The number of amides is 1. The van der Waals surface area contributed by atoms with Crippen molar-refractivity contribution in [3.63, 3.8) is 0 Å². The van der Waals surface area contributed by atoms with E-state index in [1.807, 2.05) is 13.0 Å². The largest absolute Gasteiger partial charge is 0.497 e. The molecular formula is C24H20N2O5. The summed E-state index contributed by atoms with van der Waals surface area (Å²) in [4.78, 5) is 24.3. The number of hydrogen-bond acceptors (Lipinski definition) is 6. The van der Waals surface area contributed by atoms with E-state index in [2.05, 4.69) is 5.32 Å². The fourth-order valence-electron chi connectivity index (χ4n) is 2.87. The van der Waals surface area contributed by atoms with Crippen LogP contribution >= 0.6 is 0 Å². The van der Waals surface area contributed by atoms with Gasteiger partial charge in [0.05, 0.1) is 19.8 Å². The molecule has 7 heteroatoms. The SMILES string of the molecule is COC(=O)c1ccc(C)c(-c2ccc(/C=C(/C#N)C(=O)Nc3ccc(OC)cc3)o2)c1. The molecule has 1 N–H and O–H groups in total. The van der Waals surface area contributed by atoms with Crippen molar-refractivity contribution < 1.29 is 23.5 Å². The molecule has 0 atom stereocenters. The zero-order valence-electron chi connectivity index (χ0n) is 17.3. The predicted octanol–water partition coefficient (Wildman–Crippen LogP) is 4.60. The molecular weight excluding hydrogens is 396 g/mol. The van der Waals surface area contributed by atoms with E-state index in [1.165, 1.54) is 13.2 Å². The number of rotatable bonds is 6. The van der Waals surface area contributed by atoms with Crippen LogP contribution < -0.4 is 10.1 Å². The van der Waals surface area contributed by atoms with Crippen molar-refractivity contribution in [2.45, 2.75) is 6.92 Å². The van der Waals surface area contributed by atoms with E-state index in [1.54, 1.807) is 61.7 Å². The summed E-state index contributed by atoms with van der Waals surface area (Å²) in [5, 5.41) is 12.1. The number of furan rings is 1. The van der Waals surface area contributed by atoms with Crippen LogP contribution in [0.2, 0.25) is 0 Å². The van der Waals surface area contributed by atoms with Gasteiger partial charge in [0, 0.05) is 17.3 Å². The first-order chi connectivity index (χ1) is 14.9. The summed E-state index contributed by atoms with van der Waals surface area (Å²) in [7, 11) is 2.87. The number of aryl methyl sites for hydroxylation is 1. The number of anilines is 1. The van der Waals surface area contributed by atoms with Crippen molar-refractivity contribution in [1.29, 1.82) is 5.26 Å². The molecule has 2 aromatic carbocycles. The standard InChI is InChI=1S/C24H20N2O5/c1-15-4-5-16(24(28)30-3)13-21(15)22-11-10-20(31-22)12-17(14-25)23(27)26-18-6-8-19(29-2)9-7-18/h4-13H,1-3H3,(H,26,27)/b17-12-. The number of benzene rings is 2. The lowest BCUT2D eigenvalue weighted by atomic mass is 10.0. The second kappa shape index (κ2) is 9.46. The second-order valence-corrected chi connectivity index (χ2v) is 6.58. The Morgan fingerprint density at radius 2 is 1.81 bits per heavy atom. The van der Waals surface area contributed by atoms with Crippen molar-refractivity contribution in [3.05, 3.63) is 77.1 Å². The highest BCUT2D eigenvalue weighted by Gasteiger charge is 2.14. The summed E-state index contributed by atoms with van der Waals surface area (Å²) in [5.74, 6) is 0.481. The number of esters is 1. The lowest BCUT2D eigenvalue weighted by molar-refractivity contribution is -0.112. The number of methoxy groups -OCH3 is 2. The Morgan fingerprint density at radius 3 is 2.45 bits per heavy atom. The number of hydrogen-bond donors (Lipinski definition) is 1. The third-order valence-electron chi connectivity index (χ3n) is 4.55. The second-order valence-electron chi connectivity index (χ2n) is 6.58. The molecule has 0 unspecified atom stereocenters. The molecule has 0 radical (unpaired) electrons. The number of nitrogens with zero attached hydrogens (tertiary/aromatic N) is 1. The number of nitriles is 1. The molecule has 0 saturated heterocycles. The van der Waals surface area contributed by atoms with Crippen LogP contribution in [0.15, 0.2) is 64.6 Å². The third-order valence-corrected chi connectivity index (χ3v) is 4.55. The molecule has 31 heavy (non-hydrogen) atoms. The quantitative estimate of drug-likeness (QED) is 0.358. The molecule has 7 nitrogen and oxygen atoms in total. The van der Waals surface area contributed by atoms with E-state index in [0.717, 1.165) is 5.56 Å². The average Bonchev–Trinajstić information content (AvgIpc) is 3.26. The Hall–Kier alpha value is -4.31. The van der Waals surface area contributed by atoms with Gasteiger partial charge in [0.25, 0.3) is 5.91 Å². The van der Waals surface area contributed by atoms with Gasteiger partial charge in [-0.1, -0.05) is 6.07 Å². The molecule has 3 aromatic rings.